The van der Waals surface area contributed by atoms with Gasteiger partial charge in [-0.15, -0.1) is 11.3 Å². The van der Waals surface area contributed by atoms with Crippen LogP contribution in [0.3, 0.4) is 0 Å². The van der Waals surface area contributed by atoms with Crippen LogP contribution in [0.2, 0.25) is 0 Å². The second-order valence-corrected chi connectivity index (χ2v) is 9.67. The number of fused-ring (bicyclic) bond motifs is 3. The molecule has 9 heteroatoms. The predicted molar refractivity (Wildman–Crippen MR) is 132 cm³/mol. The van der Waals surface area contributed by atoms with Crippen molar-refractivity contribution in [3.63, 3.8) is 0 Å². The Hall–Kier alpha value is -3.20. The average Bonchev–Trinajstić information content (AvgIpc) is 3.25. The fourth-order valence-electron chi connectivity index (χ4n) is 3.84. The molecule has 0 spiro atoms. The number of hydrogen-bond donors (Lipinski definition) is 2. The summed E-state index contributed by atoms with van der Waals surface area (Å²) >= 11 is 1.67. The first-order valence-corrected chi connectivity index (χ1v) is 11.9. The largest absolute Gasteiger partial charge is 0.491 e. The first-order chi connectivity index (χ1) is 15.7. The van der Waals surface area contributed by atoms with Gasteiger partial charge < -0.3 is 19.4 Å². The predicted octanol–water partition coefficient (Wildman–Crippen LogP) is 4.90. The standard InChI is InChI=1S/C24H30N6O2S/c1-13(2)26-23(28-16(5)25)20-12-30-9-10-31-21-11-18(7-8-19(21)24(30)29-20)32-15(4)22-14(3)27-17(6)33-22/h7-8,11-13,15H,9-10H2,1-6H3,(H2,25,26,28). The minimum atomic E-state index is -0.0983. The van der Waals surface area contributed by atoms with Crippen LogP contribution in [0.25, 0.3) is 11.4 Å². The molecule has 0 saturated carbocycles. The molecule has 1 aromatic carbocycles. The highest BCUT2D eigenvalue weighted by molar-refractivity contribution is 7.11. The quantitative estimate of drug-likeness (QED) is 0.412. The highest BCUT2D eigenvalue weighted by Crippen LogP contribution is 2.37. The maximum absolute atomic E-state index is 7.79. The zero-order valence-electron chi connectivity index (χ0n) is 19.9. The highest BCUT2D eigenvalue weighted by Gasteiger charge is 2.22. The van der Waals surface area contributed by atoms with Crippen molar-refractivity contribution in [3.8, 4) is 22.9 Å². The van der Waals surface area contributed by atoms with Crippen LogP contribution in [0.4, 0.5) is 0 Å². The van der Waals surface area contributed by atoms with E-state index in [4.69, 9.17) is 19.9 Å². The number of hydrogen-bond acceptors (Lipinski definition) is 6. The fraction of sp³-hybridized carbons (Fsp3) is 0.417. The number of thiazole rings is 1. The average molecular weight is 467 g/mol. The van der Waals surface area contributed by atoms with Gasteiger partial charge in [0.15, 0.2) is 5.84 Å². The van der Waals surface area contributed by atoms with E-state index in [1.807, 2.05) is 59.0 Å². The van der Waals surface area contributed by atoms with Crippen LogP contribution in [0, 0.1) is 19.3 Å². The number of aryl methyl sites for hydroxylation is 2. The lowest BCUT2D eigenvalue weighted by Gasteiger charge is -2.15. The van der Waals surface area contributed by atoms with E-state index in [2.05, 4.69) is 19.9 Å². The molecule has 0 fully saturated rings. The van der Waals surface area contributed by atoms with E-state index in [1.165, 1.54) is 0 Å². The monoisotopic (exact) mass is 466 g/mol. The lowest BCUT2D eigenvalue weighted by Crippen LogP contribution is -2.32. The molecule has 0 radical (unpaired) electrons. The number of benzene rings is 1. The van der Waals surface area contributed by atoms with Crippen LogP contribution >= 0.6 is 11.3 Å². The number of nitrogens with one attached hydrogen (secondary N) is 2. The fourth-order valence-corrected chi connectivity index (χ4v) is 4.74. The van der Waals surface area contributed by atoms with E-state index in [1.54, 1.807) is 18.3 Å². The topological polar surface area (TPSA) is 97.4 Å². The number of rotatable bonds is 5. The second kappa shape index (κ2) is 9.35. The molecule has 1 aliphatic heterocycles. The summed E-state index contributed by atoms with van der Waals surface area (Å²) in [5.74, 6) is 3.13. The molecule has 174 valence electrons. The number of amidine groups is 2. The van der Waals surface area contributed by atoms with E-state index < -0.39 is 0 Å². The number of ether oxygens (including phenoxy) is 2. The Morgan fingerprint density at radius 2 is 2.06 bits per heavy atom. The zero-order valence-corrected chi connectivity index (χ0v) is 20.7. The van der Waals surface area contributed by atoms with Gasteiger partial charge in [0.2, 0.25) is 0 Å². The summed E-state index contributed by atoms with van der Waals surface area (Å²) in [6, 6.07) is 6.05. The Bertz CT molecular complexity index is 1210. The highest BCUT2D eigenvalue weighted by atomic mass is 32.1. The van der Waals surface area contributed by atoms with Gasteiger partial charge in [-0.25, -0.2) is 15.0 Å². The molecular formula is C24H30N6O2S. The molecular weight excluding hydrogens is 436 g/mol. The molecule has 1 atom stereocenters. The summed E-state index contributed by atoms with van der Waals surface area (Å²) in [6.07, 6.45) is 1.87. The van der Waals surface area contributed by atoms with Crippen LogP contribution < -0.4 is 14.8 Å². The van der Waals surface area contributed by atoms with Gasteiger partial charge in [-0.3, -0.25) is 5.41 Å². The molecule has 4 rings (SSSR count). The summed E-state index contributed by atoms with van der Waals surface area (Å²) in [6.45, 7) is 13.0. The van der Waals surface area contributed by atoms with Crippen molar-refractivity contribution in [2.45, 2.75) is 60.2 Å². The molecule has 3 aromatic rings. The Balaban J connectivity index is 1.64. The van der Waals surface area contributed by atoms with Gasteiger partial charge in [0, 0.05) is 18.3 Å². The molecule has 1 aliphatic rings. The van der Waals surface area contributed by atoms with Gasteiger partial charge >= 0.3 is 0 Å². The third-order valence-corrected chi connectivity index (χ3v) is 6.36. The van der Waals surface area contributed by atoms with E-state index in [0.29, 0.717) is 24.7 Å². The van der Waals surface area contributed by atoms with Gasteiger partial charge in [0.25, 0.3) is 0 Å². The van der Waals surface area contributed by atoms with Gasteiger partial charge in [-0.05, 0) is 53.7 Å². The maximum Gasteiger partial charge on any atom is 0.155 e. The lowest BCUT2D eigenvalue weighted by molar-refractivity contribution is 0.227. The summed E-state index contributed by atoms with van der Waals surface area (Å²) in [5, 5.41) is 12.1. The molecule has 0 saturated heterocycles. The normalized spacial score (nSPS) is 14.2. The van der Waals surface area contributed by atoms with Crippen molar-refractivity contribution in [2.75, 3.05) is 6.61 Å². The van der Waals surface area contributed by atoms with E-state index >= 15 is 0 Å². The Morgan fingerprint density at radius 3 is 2.73 bits per heavy atom. The SMILES string of the molecule is CC(=N)/N=C(\NC(C)C)c1cn2c(n1)-c1ccc(OC(C)c3sc(C)nc3C)cc1OCC2. The minimum absolute atomic E-state index is 0.0983. The summed E-state index contributed by atoms with van der Waals surface area (Å²) in [4.78, 5) is 14.9. The van der Waals surface area contributed by atoms with Crippen molar-refractivity contribution in [2.24, 2.45) is 4.99 Å². The lowest BCUT2D eigenvalue weighted by atomic mass is 10.1. The molecule has 3 heterocycles. The van der Waals surface area contributed by atoms with Gasteiger partial charge in [0.1, 0.15) is 41.6 Å². The summed E-state index contributed by atoms with van der Waals surface area (Å²) in [5.41, 5.74) is 2.63. The van der Waals surface area contributed by atoms with Gasteiger partial charge in [-0.1, -0.05) is 0 Å². The van der Waals surface area contributed by atoms with E-state index in [-0.39, 0.29) is 18.0 Å². The third kappa shape index (κ3) is 5.08. The maximum atomic E-state index is 7.79. The van der Waals surface area contributed by atoms with Crippen molar-refractivity contribution in [3.05, 3.63) is 45.7 Å². The van der Waals surface area contributed by atoms with E-state index in [0.717, 1.165) is 38.5 Å². The Kier molecular flexibility index (Phi) is 6.51. The smallest absolute Gasteiger partial charge is 0.155 e. The van der Waals surface area contributed by atoms with Crippen LogP contribution in [0.15, 0.2) is 29.4 Å². The van der Waals surface area contributed by atoms with Gasteiger partial charge in [0.05, 0.1) is 27.7 Å². The molecule has 2 N–H and O–H groups in total. The molecule has 0 bridgehead atoms. The molecule has 2 aromatic heterocycles. The summed E-state index contributed by atoms with van der Waals surface area (Å²) in [7, 11) is 0. The first kappa shape index (κ1) is 23.0. The number of aliphatic imine (C=N–C) groups is 1. The van der Waals surface area contributed by atoms with Crippen LogP contribution in [0.5, 0.6) is 11.5 Å². The molecule has 33 heavy (non-hydrogen) atoms. The second-order valence-electron chi connectivity index (χ2n) is 8.44. The molecule has 0 amide bonds. The first-order valence-electron chi connectivity index (χ1n) is 11.1. The molecule has 0 aliphatic carbocycles. The van der Waals surface area contributed by atoms with Crippen molar-refractivity contribution in [1.82, 2.24) is 19.9 Å². The third-order valence-electron chi connectivity index (χ3n) is 5.13. The van der Waals surface area contributed by atoms with Crippen molar-refractivity contribution < 1.29 is 9.47 Å². The molecule has 8 nitrogen and oxygen atoms in total. The Labute approximate surface area is 198 Å². The van der Waals surface area contributed by atoms with Crippen LogP contribution in [0.1, 0.15) is 55.1 Å². The van der Waals surface area contributed by atoms with Crippen LogP contribution in [-0.4, -0.2) is 38.9 Å². The van der Waals surface area contributed by atoms with Crippen LogP contribution in [-0.2, 0) is 6.54 Å². The molecule has 1 unspecified atom stereocenters. The van der Waals surface area contributed by atoms with Crippen molar-refractivity contribution >= 4 is 23.0 Å². The number of aromatic nitrogens is 3. The minimum Gasteiger partial charge on any atom is -0.491 e. The van der Waals surface area contributed by atoms with E-state index in [9.17, 15) is 0 Å². The Morgan fingerprint density at radius 1 is 1.27 bits per heavy atom. The van der Waals surface area contributed by atoms with Crippen molar-refractivity contribution in [1.29, 1.82) is 5.41 Å². The number of imidazole rings is 1. The zero-order chi connectivity index (χ0) is 23.7. The summed E-state index contributed by atoms with van der Waals surface area (Å²) < 4.78 is 14.3. The number of nitrogens with zero attached hydrogens (tertiary/aromatic N) is 4. The van der Waals surface area contributed by atoms with Gasteiger partial charge in [-0.2, -0.15) is 0 Å².